The zero-order valence-corrected chi connectivity index (χ0v) is 11.8. The fourth-order valence-electron chi connectivity index (χ4n) is 1.53. The summed E-state index contributed by atoms with van der Waals surface area (Å²) in [5.41, 5.74) is 1.39. The molecule has 17 heavy (non-hydrogen) atoms. The van der Waals surface area contributed by atoms with Crippen LogP contribution in [0.1, 0.15) is 15.9 Å². The number of nitrogens with zero attached hydrogens (tertiary/aromatic N) is 1. The normalized spacial score (nSPS) is 10.4. The van der Waals surface area contributed by atoms with E-state index in [-0.39, 0.29) is 5.91 Å². The third kappa shape index (κ3) is 3.77. The summed E-state index contributed by atoms with van der Waals surface area (Å²) in [6, 6.07) is 5.29. The number of halogens is 3. The lowest BCUT2D eigenvalue weighted by atomic mass is 10.1. The van der Waals surface area contributed by atoms with Gasteiger partial charge in [-0.05, 0) is 24.6 Å². The van der Waals surface area contributed by atoms with E-state index in [1.165, 1.54) is 0 Å². The number of carbonyl (C=O) groups is 1. The molecule has 0 N–H and O–H groups in total. The lowest BCUT2D eigenvalue weighted by Gasteiger charge is -2.21. The standard InChI is InChI=1S/C12H14Cl3NO/c1-9-10(3-2-4-11(9)15)12(17)16(7-5-13)8-6-14/h2-4H,5-8H2,1H3. The van der Waals surface area contributed by atoms with Crippen LogP contribution in [-0.4, -0.2) is 35.7 Å². The van der Waals surface area contributed by atoms with Gasteiger partial charge in [-0.2, -0.15) is 0 Å². The van der Waals surface area contributed by atoms with Gasteiger partial charge in [-0.3, -0.25) is 4.79 Å². The molecule has 2 nitrogen and oxygen atoms in total. The minimum absolute atomic E-state index is 0.0775. The van der Waals surface area contributed by atoms with Crippen molar-refractivity contribution in [2.75, 3.05) is 24.8 Å². The molecular formula is C12H14Cl3NO. The summed E-state index contributed by atoms with van der Waals surface area (Å²) in [6.45, 7) is 2.80. The van der Waals surface area contributed by atoms with E-state index in [4.69, 9.17) is 34.8 Å². The Balaban J connectivity index is 2.96. The van der Waals surface area contributed by atoms with Crippen molar-refractivity contribution in [3.8, 4) is 0 Å². The lowest BCUT2D eigenvalue weighted by molar-refractivity contribution is 0.0774. The van der Waals surface area contributed by atoms with Gasteiger partial charge < -0.3 is 4.90 Å². The Kier molecular flexibility index (Phi) is 6.10. The molecule has 0 atom stereocenters. The first-order valence-electron chi connectivity index (χ1n) is 5.28. The minimum atomic E-state index is -0.0775. The number of carbonyl (C=O) groups excluding carboxylic acids is 1. The highest BCUT2D eigenvalue weighted by Crippen LogP contribution is 2.20. The lowest BCUT2D eigenvalue weighted by Crippen LogP contribution is -2.34. The van der Waals surface area contributed by atoms with E-state index in [1.807, 2.05) is 6.92 Å². The fraction of sp³-hybridized carbons (Fsp3) is 0.417. The molecule has 0 radical (unpaired) electrons. The van der Waals surface area contributed by atoms with Crippen LogP contribution in [0.15, 0.2) is 18.2 Å². The summed E-state index contributed by atoms with van der Waals surface area (Å²) >= 11 is 17.3. The fourth-order valence-corrected chi connectivity index (χ4v) is 2.11. The highest BCUT2D eigenvalue weighted by molar-refractivity contribution is 6.31. The van der Waals surface area contributed by atoms with Gasteiger partial charge in [0, 0.05) is 35.4 Å². The second kappa shape index (κ2) is 7.10. The first kappa shape index (κ1) is 14.6. The Morgan fingerprint density at radius 3 is 2.35 bits per heavy atom. The highest BCUT2D eigenvalue weighted by Gasteiger charge is 2.17. The van der Waals surface area contributed by atoms with Crippen molar-refractivity contribution >= 4 is 40.7 Å². The third-order valence-corrected chi connectivity index (χ3v) is 3.24. The Morgan fingerprint density at radius 1 is 1.24 bits per heavy atom. The molecule has 0 saturated heterocycles. The molecule has 1 aromatic rings. The monoisotopic (exact) mass is 293 g/mol. The quantitative estimate of drug-likeness (QED) is 0.760. The molecule has 0 bridgehead atoms. The van der Waals surface area contributed by atoms with Crippen molar-refractivity contribution < 1.29 is 4.79 Å². The SMILES string of the molecule is Cc1c(Cl)cccc1C(=O)N(CCCl)CCCl. The molecule has 5 heteroatoms. The van der Waals surface area contributed by atoms with Crippen molar-refractivity contribution in [2.24, 2.45) is 0 Å². The summed E-state index contributed by atoms with van der Waals surface area (Å²) in [6.07, 6.45) is 0. The maximum Gasteiger partial charge on any atom is 0.254 e. The van der Waals surface area contributed by atoms with E-state index in [0.29, 0.717) is 35.4 Å². The molecule has 1 aromatic carbocycles. The highest BCUT2D eigenvalue weighted by atomic mass is 35.5. The second-order valence-electron chi connectivity index (χ2n) is 3.58. The molecule has 1 rings (SSSR count). The third-order valence-electron chi connectivity index (χ3n) is 2.49. The van der Waals surface area contributed by atoms with Gasteiger partial charge in [0.25, 0.3) is 5.91 Å². The van der Waals surface area contributed by atoms with Gasteiger partial charge in [-0.25, -0.2) is 0 Å². The van der Waals surface area contributed by atoms with Crippen molar-refractivity contribution in [3.05, 3.63) is 34.3 Å². The summed E-state index contributed by atoms with van der Waals surface area (Å²) in [4.78, 5) is 13.9. The number of amides is 1. The van der Waals surface area contributed by atoms with E-state index in [1.54, 1.807) is 23.1 Å². The Morgan fingerprint density at radius 2 is 1.82 bits per heavy atom. The van der Waals surface area contributed by atoms with Crippen LogP contribution in [0.2, 0.25) is 5.02 Å². The first-order chi connectivity index (χ1) is 8.11. The van der Waals surface area contributed by atoms with Crippen LogP contribution >= 0.6 is 34.8 Å². The van der Waals surface area contributed by atoms with Crippen LogP contribution in [0, 0.1) is 6.92 Å². The topological polar surface area (TPSA) is 20.3 Å². The predicted molar refractivity (Wildman–Crippen MR) is 73.5 cm³/mol. The Hall–Kier alpha value is -0.440. The predicted octanol–water partition coefficient (Wildman–Crippen LogP) is 3.57. The van der Waals surface area contributed by atoms with Crippen LogP contribution in [0.5, 0.6) is 0 Å². The molecule has 0 unspecified atom stereocenters. The summed E-state index contributed by atoms with van der Waals surface area (Å²) in [5, 5.41) is 0.590. The zero-order valence-electron chi connectivity index (χ0n) is 9.55. The molecule has 0 aliphatic heterocycles. The van der Waals surface area contributed by atoms with Crippen LogP contribution in [0.25, 0.3) is 0 Å². The number of rotatable bonds is 5. The number of hydrogen-bond acceptors (Lipinski definition) is 1. The van der Waals surface area contributed by atoms with Gasteiger partial charge in [0.1, 0.15) is 0 Å². The average Bonchev–Trinajstić information content (AvgIpc) is 2.31. The second-order valence-corrected chi connectivity index (χ2v) is 4.75. The van der Waals surface area contributed by atoms with Gasteiger partial charge in [0.15, 0.2) is 0 Å². The number of benzene rings is 1. The maximum absolute atomic E-state index is 12.2. The van der Waals surface area contributed by atoms with Crippen LogP contribution < -0.4 is 0 Å². The zero-order chi connectivity index (χ0) is 12.8. The van der Waals surface area contributed by atoms with Crippen LogP contribution in [-0.2, 0) is 0 Å². The molecule has 0 saturated carbocycles. The molecule has 0 fully saturated rings. The van der Waals surface area contributed by atoms with E-state index >= 15 is 0 Å². The van der Waals surface area contributed by atoms with E-state index in [2.05, 4.69) is 0 Å². The molecular weight excluding hydrogens is 280 g/mol. The van der Waals surface area contributed by atoms with E-state index < -0.39 is 0 Å². The summed E-state index contributed by atoms with van der Waals surface area (Å²) < 4.78 is 0. The molecule has 0 heterocycles. The van der Waals surface area contributed by atoms with E-state index in [0.717, 1.165) is 5.56 Å². The van der Waals surface area contributed by atoms with Crippen molar-refractivity contribution in [1.29, 1.82) is 0 Å². The van der Waals surface area contributed by atoms with Gasteiger partial charge in [-0.15, -0.1) is 23.2 Å². The van der Waals surface area contributed by atoms with Gasteiger partial charge >= 0.3 is 0 Å². The summed E-state index contributed by atoms with van der Waals surface area (Å²) in [5.74, 6) is 0.705. The van der Waals surface area contributed by atoms with Crippen molar-refractivity contribution in [3.63, 3.8) is 0 Å². The molecule has 0 aliphatic carbocycles. The molecule has 0 aromatic heterocycles. The van der Waals surface area contributed by atoms with Crippen LogP contribution in [0.3, 0.4) is 0 Å². The Labute approximate surface area is 116 Å². The summed E-state index contributed by atoms with van der Waals surface area (Å²) in [7, 11) is 0. The molecule has 94 valence electrons. The number of hydrogen-bond donors (Lipinski definition) is 0. The smallest absolute Gasteiger partial charge is 0.254 e. The molecule has 1 amide bonds. The minimum Gasteiger partial charge on any atom is -0.336 e. The van der Waals surface area contributed by atoms with Gasteiger partial charge in [-0.1, -0.05) is 17.7 Å². The van der Waals surface area contributed by atoms with Crippen molar-refractivity contribution in [2.45, 2.75) is 6.92 Å². The Bertz CT molecular complexity index is 389. The average molecular weight is 295 g/mol. The first-order valence-corrected chi connectivity index (χ1v) is 6.72. The number of alkyl halides is 2. The maximum atomic E-state index is 12.2. The largest absolute Gasteiger partial charge is 0.336 e. The van der Waals surface area contributed by atoms with Crippen LogP contribution in [0.4, 0.5) is 0 Å². The molecule has 0 aliphatic rings. The van der Waals surface area contributed by atoms with Gasteiger partial charge in [0.05, 0.1) is 0 Å². The molecule has 0 spiro atoms. The van der Waals surface area contributed by atoms with Gasteiger partial charge in [0.2, 0.25) is 0 Å². The van der Waals surface area contributed by atoms with Crippen molar-refractivity contribution in [1.82, 2.24) is 4.90 Å². The van der Waals surface area contributed by atoms with E-state index in [9.17, 15) is 4.79 Å².